The molecule has 0 aromatic heterocycles. The molecular formula is C28H52N2O6S. The molecule has 2 amide bonds. The van der Waals surface area contributed by atoms with Crippen molar-refractivity contribution in [1.82, 2.24) is 10.6 Å². The highest BCUT2D eigenvalue weighted by Gasteiger charge is 2.26. The molecule has 0 spiro atoms. The molecule has 0 radical (unpaired) electrons. The number of carboxylic acid groups (broad SMARTS) is 2. The van der Waals surface area contributed by atoms with E-state index in [2.05, 4.69) is 17.6 Å². The molecule has 0 heterocycles. The lowest BCUT2D eigenvalue weighted by atomic mass is 10.0. The van der Waals surface area contributed by atoms with Crippen molar-refractivity contribution in [2.45, 2.75) is 142 Å². The summed E-state index contributed by atoms with van der Waals surface area (Å²) in [7, 11) is 0. The SMILES string of the molecule is CCCCCCCCCCCCCCCCCCSC[C@@H](NC(C)=O)C(=O)N[C@@H](CCC(=O)O)C(=O)O. The Morgan fingerprint density at radius 1 is 0.676 bits per heavy atom. The largest absolute Gasteiger partial charge is 0.481 e. The first kappa shape index (κ1) is 35.2. The van der Waals surface area contributed by atoms with Crippen molar-refractivity contribution in [2.24, 2.45) is 0 Å². The fourth-order valence-electron chi connectivity index (χ4n) is 4.18. The first-order chi connectivity index (χ1) is 17.8. The van der Waals surface area contributed by atoms with Crippen LogP contribution in [0, 0.1) is 0 Å². The summed E-state index contributed by atoms with van der Waals surface area (Å²) in [6.07, 6.45) is 20.4. The molecule has 0 aliphatic carbocycles. The third-order valence-electron chi connectivity index (χ3n) is 6.38. The molecule has 0 aromatic rings. The zero-order valence-electron chi connectivity index (χ0n) is 23.2. The van der Waals surface area contributed by atoms with Gasteiger partial charge in [-0.05, 0) is 18.6 Å². The first-order valence-corrected chi connectivity index (χ1v) is 15.5. The summed E-state index contributed by atoms with van der Waals surface area (Å²) in [5.41, 5.74) is 0. The van der Waals surface area contributed by atoms with Crippen molar-refractivity contribution >= 4 is 35.5 Å². The van der Waals surface area contributed by atoms with Crippen LogP contribution in [0.25, 0.3) is 0 Å². The van der Waals surface area contributed by atoms with Crippen LogP contribution in [0.3, 0.4) is 0 Å². The predicted octanol–water partition coefficient (Wildman–Crippen LogP) is 5.92. The monoisotopic (exact) mass is 544 g/mol. The lowest BCUT2D eigenvalue weighted by molar-refractivity contribution is -0.143. The number of rotatable bonds is 26. The average Bonchev–Trinajstić information content (AvgIpc) is 2.84. The zero-order chi connectivity index (χ0) is 27.7. The summed E-state index contributed by atoms with van der Waals surface area (Å²) in [6.45, 7) is 3.56. The molecule has 0 aromatic carbocycles. The molecule has 0 saturated heterocycles. The summed E-state index contributed by atoms with van der Waals surface area (Å²) in [5.74, 6) is -2.20. The molecule has 37 heavy (non-hydrogen) atoms. The van der Waals surface area contributed by atoms with E-state index >= 15 is 0 Å². The Labute approximate surface area is 228 Å². The van der Waals surface area contributed by atoms with Crippen LogP contribution in [-0.4, -0.2) is 57.6 Å². The van der Waals surface area contributed by atoms with Gasteiger partial charge in [-0.15, -0.1) is 0 Å². The molecule has 0 fully saturated rings. The number of hydrogen-bond donors (Lipinski definition) is 4. The molecule has 9 heteroatoms. The number of unbranched alkanes of at least 4 members (excludes halogenated alkanes) is 15. The summed E-state index contributed by atoms with van der Waals surface area (Å²) in [4.78, 5) is 46.0. The van der Waals surface area contributed by atoms with Crippen molar-refractivity contribution in [3.05, 3.63) is 0 Å². The van der Waals surface area contributed by atoms with Crippen molar-refractivity contribution in [2.75, 3.05) is 11.5 Å². The predicted molar refractivity (Wildman–Crippen MR) is 151 cm³/mol. The van der Waals surface area contributed by atoms with Crippen molar-refractivity contribution in [1.29, 1.82) is 0 Å². The van der Waals surface area contributed by atoms with Gasteiger partial charge in [-0.1, -0.05) is 103 Å². The number of carbonyl (C=O) groups excluding carboxylic acids is 2. The minimum atomic E-state index is -1.30. The molecule has 0 saturated carbocycles. The Morgan fingerprint density at radius 3 is 1.54 bits per heavy atom. The van der Waals surface area contributed by atoms with Crippen LogP contribution < -0.4 is 10.6 Å². The van der Waals surface area contributed by atoms with Crippen LogP contribution in [-0.2, 0) is 19.2 Å². The lowest BCUT2D eigenvalue weighted by Gasteiger charge is -2.20. The van der Waals surface area contributed by atoms with Gasteiger partial charge in [0.15, 0.2) is 0 Å². The third-order valence-corrected chi connectivity index (χ3v) is 7.53. The van der Waals surface area contributed by atoms with Gasteiger partial charge in [0.05, 0.1) is 0 Å². The molecule has 0 aliphatic rings. The van der Waals surface area contributed by atoms with Gasteiger partial charge in [0.1, 0.15) is 12.1 Å². The van der Waals surface area contributed by atoms with Gasteiger partial charge in [-0.2, -0.15) is 11.8 Å². The van der Waals surface area contributed by atoms with Crippen molar-refractivity contribution in [3.8, 4) is 0 Å². The second-order valence-corrected chi connectivity index (χ2v) is 11.1. The van der Waals surface area contributed by atoms with Gasteiger partial charge in [0.2, 0.25) is 11.8 Å². The maximum atomic E-state index is 12.5. The maximum absolute atomic E-state index is 12.5. The number of hydrogen-bond acceptors (Lipinski definition) is 5. The van der Waals surface area contributed by atoms with Gasteiger partial charge in [-0.3, -0.25) is 14.4 Å². The standard InChI is InChI=1S/C28H52N2O6S/c1-3-4-5-6-7-8-9-10-11-12-13-14-15-16-17-18-21-37-22-25(29-23(2)31)27(34)30-24(28(35)36)19-20-26(32)33/h24-25H,3-22H2,1-2H3,(H,29,31)(H,30,34)(H,32,33)(H,35,36)/t24-,25+/m0/s1. The van der Waals surface area contributed by atoms with Crippen LogP contribution >= 0.6 is 11.8 Å². The van der Waals surface area contributed by atoms with Gasteiger partial charge in [0.25, 0.3) is 0 Å². The molecule has 8 nitrogen and oxygen atoms in total. The number of amides is 2. The van der Waals surface area contributed by atoms with E-state index in [0.717, 1.165) is 18.6 Å². The van der Waals surface area contributed by atoms with Crippen LogP contribution in [0.4, 0.5) is 0 Å². The van der Waals surface area contributed by atoms with Crippen molar-refractivity contribution < 1.29 is 29.4 Å². The Morgan fingerprint density at radius 2 is 1.14 bits per heavy atom. The molecule has 4 N–H and O–H groups in total. The zero-order valence-corrected chi connectivity index (χ0v) is 24.0. The molecule has 0 unspecified atom stereocenters. The summed E-state index contributed by atoms with van der Waals surface area (Å²) in [5, 5.41) is 22.9. The van der Waals surface area contributed by atoms with Gasteiger partial charge >= 0.3 is 11.9 Å². The molecule has 0 rings (SSSR count). The second kappa shape index (κ2) is 24.6. The van der Waals surface area contributed by atoms with E-state index in [1.807, 2.05) is 0 Å². The molecule has 2 atom stereocenters. The summed E-state index contributed by atoms with van der Waals surface area (Å²) in [6, 6.07) is -2.15. The van der Waals surface area contributed by atoms with E-state index in [4.69, 9.17) is 5.11 Å². The van der Waals surface area contributed by atoms with E-state index in [-0.39, 0.29) is 18.7 Å². The number of thioether (sulfide) groups is 1. The molecule has 0 aliphatic heterocycles. The van der Waals surface area contributed by atoms with E-state index in [1.54, 1.807) is 11.8 Å². The molecular weight excluding hydrogens is 492 g/mol. The normalized spacial score (nSPS) is 12.6. The van der Waals surface area contributed by atoms with Crippen LogP contribution in [0.15, 0.2) is 0 Å². The van der Waals surface area contributed by atoms with E-state index in [9.17, 15) is 24.3 Å². The van der Waals surface area contributed by atoms with Crippen LogP contribution in [0.5, 0.6) is 0 Å². The summed E-state index contributed by atoms with van der Waals surface area (Å²) >= 11 is 1.55. The first-order valence-electron chi connectivity index (χ1n) is 14.4. The number of aliphatic carboxylic acids is 2. The minimum Gasteiger partial charge on any atom is -0.481 e. The third kappa shape index (κ3) is 23.1. The summed E-state index contributed by atoms with van der Waals surface area (Å²) < 4.78 is 0. The highest BCUT2D eigenvalue weighted by molar-refractivity contribution is 7.99. The van der Waals surface area contributed by atoms with E-state index in [0.29, 0.717) is 5.75 Å². The topological polar surface area (TPSA) is 133 Å². The Bertz CT molecular complexity index is 632. The van der Waals surface area contributed by atoms with E-state index < -0.39 is 29.9 Å². The van der Waals surface area contributed by atoms with Gasteiger partial charge < -0.3 is 20.8 Å². The smallest absolute Gasteiger partial charge is 0.326 e. The molecule has 216 valence electrons. The van der Waals surface area contributed by atoms with Crippen LogP contribution in [0.1, 0.15) is 129 Å². The number of carbonyl (C=O) groups is 4. The number of nitrogens with one attached hydrogen (secondary N) is 2. The van der Waals surface area contributed by atoms with E-state index in [1.165, 1.54) is 96.8 Å². The highest BCUT2D eigenvalue weighted by atomic mass is 32.2. The number of carboxylic acids is 2. The van der Waals surface area contributed by atoms with Gasteiger partial charge in [0, 0.05) is 19.1 Å². The maximum Gasteiger partial charge on any atom is 0.326 e. The fourth-order valence-corrected chi connectivity index (χ4v) is 5.22. The Kier molecular flexibility index (Phi) is 23.4. The second-order valence-electron chi connectivity index (χ2n) is 9.96. The Balaban J connectivity index is 3.86. The van der Waals surface area contributed by atoms with Crippen LogP contribution in [0.2, 0.25) is 0 Å². The average molecular weight is 545 g/mol. The quantitative estimate of drug-likeness (QED) is 0.0993. The lowest BCUT2D eigenvalue weighted by Crippen LogP contribution is -2.52. The highest BCUT2D eigenvalue weighted by Crippen LogP contribution is 2.15. The Hall–Kier alpha value is -1.77. The van der Waals surface area contributed by atoms with Crippen molar-refractivity contribution in [3.63, 3.8) is 0 Å². The van der Waals surface area contributed by atoms with Gasteiger partial charge in [-0.25, -0.2) is 4.79 Å². The molecule has 0 bridgehead atoms. The minimum absolute atomic E-state index is 0.213. The fraction of sp³-hybridized carbons (Fsp3) is 0.857.